The quantitative estimate of drug-likeness (QED) is 0.643. The van der Waals surface area contributed by atoms with E-state index in [1.54, 1.807) is 6.20 Å². The highest BCUT2D eigenvalue weighted by Crippen LogP contribution is 2.18. The number of amides is 1. The Balaban J connectivity index is 1.46. The van der Waals surface area contributed by atoms with Crippen LogP contribution in [0.1, 0.15) is 38.2 Å². The first kappa shape index (κ1) is 19.4. The summed E-state index contributed by atoms with van der Waals surface area (Å²) >= 11 is 0. The maximum Gasteiger partial charge on any atom is 0.265 e. The van der Waals surface area contributed by atoms with Crippen LogP contribution in [0.4, 0.5) is 0 Å². The first-order valence-corrected chi connectivity index (χ1v) is 10.1. The first-order chi connectivity index (χ1) is 13.2. The van der Waals surface area contributed by atoms with Crippen LogP contribution in [0.2, 0.25) is 0 Å². The van der Waals surface area contributed by atoms with E-state index in [9.17, 15) is 10.1 Å². The summed E-state index contributed by atoms with van der Waals surface area (Å²) in [6, 6.07) is 13.0. The van der Waals surface area contributed by atoms with Gasteiger partial charge in [-0.2, -0.15) is 5.26 Å². The number of nitriles is 1. The van der Waals surface area contributed by atoms with Gasteiger partial charge in [0.25, 0.3) is 5.91 Å². The zero-order valence-corrected chi connectivity index (χ0v) is 16.2. The van der Waals surface area contributed by atoms with E-state index in [1.807, 2.05) is 11.0 Å². The minimum atomic E-state index is -0.126. The highest BCUT2D eigenvalue weighted by atomic mass is 16.2. The predicted octanol–water partition coefficient (Wildman–Crippen LogP) is 2.91. The Labute approximate surface area is 162 Å². The van der Waals surface area contributed by atoms with Crippen molar-refractivity contribution in [2.24, 2.45) is 5.92 Å². The topological polar surface area (TPSA) is 59.4 Å². The van der Waals surface area contributed by atoms with Gasteiger partial charge in [-0.1, -0.05) is 37.3 Å². The third-order valence-corrected chi connectivity index (χ3v) is 5.72. The van der Waals surface area contributed by atoms with Crippen molar-refractivity contribution >= 4 is 5.91 Å². The molecule has 0 spiro atoms. The van der Waals surface area contributed by atoms with Crippen LogP contribution in [0.3, 0.4) is 0 Å². The van der Waals surface area contributed by atoms with Crippen molar-refractivity contribution in [3.05, 3.63) is 47.7 Å². The molecule has 0 bridgehead atoms. The van der Waals surface area contributed by atoms with Crippen molar-refractivity contribution in [2.75, 3.05) is 26.2 Å². The summed E-state index contributed by atoms with van der Waals surface area (Å²) in [5.41, 5.74) is 1.58. The summed E-state index contributed by atoms with van der Waals surface area (Å²) < 4.78 is 0. The SMILES string of the molecule is CC1CCN(C(=O)/C(C#N)=C\NC2CCN(Cc3ccccc3)CC2)CC1. The molecule has 2 fully saturated rings. The van der Waals surface area contributed by atoms with Gasteiger partial charge in [-0.05, 0) is 37.2 Å². The van der Waals surface area contributed by atoms with Gasteiger partial charge in [0.15, 0.2) is 0 Å². The Morgan fingerprint density at radius 2 is 1.81 bits per heavy atom. The lowest BCUT2D eigenvalue weighted by atomic mass is 9.99. The number of hydrogen-bond acceptors (Lipinski definition) is 4. The van der Waals surface area contributed by atoms with Crippen molar-refractivity contribution in [3.8, 4) is 6.07 Å². The van der Waals surface area contributed by atoms with Gasteiger partial charge in [0.05, 0.1) is 0 Å². The lowest BCUT2D eigenvalue weighted by Crippen LogP contribution is -2.41. The summed E-state index contributed by atoms with van der Waals surface area (Å²) in [5, 5.41) is 12.7. The second-order valence-corrected chi connectivity index (χ2v) is 7.85. The fourth-order valence-electron chi connectivity index (χ4n) is 3.82. The minimum Gasteiger partial charge on any atom is -0.387 e. The third-order valence-electron chi connectivity index (χ3n) is 5.72. The Morgan fingerprint density at radius 1 is 1.15 bits per heavy atom. The van der Waals surface area contributed by atoms with Gasteiger partial charge >= 0.3 is 0 Å². The molecular formula is C22H30N4O. The summed E-state index contributed by atoms with van der Waals surface area (Å²) in [7, 11) is 0. The fraction of sp³-hybridized carbons (Fsp3) is 0.545. The van der Waals surface area contributed by atoms with E-state index in [0.29, 0.717) is 12.0 Å². The van der Waals surface area contributed by atoms with Crippen LogP contribution in [0.5, 0.6) is 0 Å². The second kappa shape index (κ2) is 9.57. The van der Waals surface area contributed by atoms with Crippen LogP contribution in [0.15, 0.2) is 42.1 Å². The average Bonchev–Trinajstić information content (AvgIpc) is 2.71. The molecule has 1 aromatic rings. The van der Waals surface area contributed by atoms with Crippen LogP contribution in [0.25, 0.3) is 0 Å². The van der Waals surface area contributed by atoms with Crippen molar-refractivity contribution < 1.29 is 4.79 Å². The molecule has 1 amide bonds. The zero-order valence-electron chi connectivity index (χ0n) is 16.2. The van der Waals surface area contributed by atoms with Crippen LogP contribution < -0.4 is 5.32 Å². The van der Waals surface area contributed by atoms with Crippen molar-refractivity contribution in [3.63, 3.8) is 0 Å². The lowest BCUT2D eigenvalue weighted by Gasteiger charge is -2.32. The van der Waals surface area contributed by atoms with Crippen molar-refractivity contribution in [1.82, 2.24) is 15.1 Å². The maximum absolute atomic E-state index is 12.6. The van der Waals surface area contributed by atoms with E-state index in [1.165, 1.54) is 5.56 Å². The minimum absolute atomic E-state index is 0.126. The normalized spacial score (nSPS) is 20.3. The number of rotatable bonds is 5. The smallest absolute Gasteiger partial charge is 0.265 e. The second-order valence-electron chi connectivity index (χ2n) is 7.85. The molecule has 144 valence electrons. The Morgan fingerprint density at radius 3 is 2.44 bits per heavy atom. The van der Waals surface area contributed by atoms with Gasteiger partial charge in [0, 0.05) is 45.0 Å². The standard InChI is InChI=1S/C22H30N4O/c1-18-7-13-26(14-8-18)22(27)20(15-23)16-24-21-9-11-25(12-10-21)17-19-5-3-2-4-6-19/h2-6,16,18,21,24H,7-14,17H2,1H3/b20-16-. The van der Waals surface area contributed by atoms with Crippen LogP contribution in [-0.2, 0) is 11.3 Å². The van der Waals surface area contributed by atoms with Gasteiger partial charge in [0.2, 0.25) is 0 Å². The summed E-state index contributed by atoms with van der Waals surface area (Å²) in [5.74, 6) is 0.543. The highest BCUT2D eigenvalue weighted by Gasteiger charge is 2.24. The van der Waals surface area contributed by atoms with Crippen molar-refractivity contribution in [2.45, 2.75) is 45.2 Å². The van der Waals surface area contributed by atoms with Gasteiger partial charge in [-0.15, -0.1) is 0 Å². The van der Waals surface area contributed by atoms with E-state index in [0.717, 1.165) is 58.4 Å². The van der Waals surface area contributed by atoms with E-state index in [2.05, 4.69) is 47.5 Å². The highest BCUT2D eigenvalue weighted by molar-refractivity contribution is 5.97. The van der Waals surface area contributed by atoms with Crippen molar-refractivity contribution in [1.29, 1.82) is 5.26 Å². The number of carbonyl (C=O) groups is 1. The van der Waals surface area contributed by atoms with Gasteiger partial charge < -0.3 is 10.2 Å². The summed E-state index contributed by atoms with van der Waals surface area (Å²) in [4.78, 5) is 16.8. The molecule has 5 nitrogen and oxygen atoms in total. The number of likely N-dealkylation sites (tertiary alicyclic amines) is 2. The molecule has 0 unspecified atom stereocenters. The molecule has 2 heterocycles. The molecule has 0 saturated carbocycles. The average molecular weight is 367 g/mol. The molecule has 0 atom stereocenters. The van der Waals surface area contributed by atoms with Crippen LogP contribution in [-0.4, -0.2) is 47.9 Å². The zero-order chi connectivity index (χ0) is 19.1. The van der Waals surface area contributed by atoms with E-state index in [-0.39, 0.29) is 11.5 Å². The monoisotopic (exact) mass is 366 g/mol. The lowest BCUT2D eigenvalue weighted by molar-refractivity contribution is -0.128. The first-order valence-electron chi connectivity index (χ1n) is 10.1. The number of nitrogens with one attached hydrogen (secondary N) is 1. The number of carbonyl (C=O) groups excluding carboxylic acids is 1. The molecule has 1 aromatic carbocycles. The third kappa shape index (κ3) is 5.58. The van der Waals surface area contributed by atoms with Gasteiger partial charge in [-0.3, -0.25) is 9.69 Å². The molecule has 2 aliphatic heterocycles. The largest absolute Gasteiger partial charge is 0.387 e. The molecule has 0 radical (unpaired) electrons. The summed E-state index contributed by atoms with van der Waals surface area (Å²) in [6.07, 6.45) is 5.75. The Bertz CT molecular complexity index is 678. The molecule has 5 heteroatoms. The number of piperidine rings is 2. The van der Waals surface area contributed by atoms with Gasteiger partial charge in [-0.25, -0.2) is 0 Å². The predicted molar refractivity (Wildman–Crippen MR) is 107 cm³/mol. The Hall–Kier alpha value is -2.32. The van der Waals surface area contributed by atoms with Crippen LogP contribution >= 0.6 is 0 Å². The molecule has 27 heavy (non-hydrogen) atoms. The summed E-state index contributed by atoms with van der Waals surface area (Å²) in [6.45, 7) is 6.78. The number of benzene rings is 1. The Kier molecular flexibility index (Phi) is 6.89. The van der Waals surface area contributed by atoms with E-state index >= 15 is 0 Å². The maximum atomic E-state index is 12.6. The van der Waals surface area contributed by atoms with E-state index in [4.69, 9.17) is 0 Å². The van der Waals surface area contributed by atoms with E-state index < -0.39 is 0 Å². The molecular weight excluding hydrogens is 336 g/mol. The molecule has 0 aromatic heterocycles. The molecule has 3 rings (SSSR count). The molecule has 1 N–H and O–H groups in total. The molecule has 2 saturated heterocycles. The molecule has 0 aliphatic carbocycles. The van der Waals surface area contributed by atoms with Crippen LogP contribution in [0, 0.1) is 17.2 Å². The number of hydrogen-bond donors (Lipinski definition) is 1. The number of nitrogens with zero attached hydrogens (tertiary/aromatic N) is 3. The van der Waals surface area contributed by atoms with Gasteiger partial charge in [0.1, 0.15) is 11.6 Å². The fourth-order valence-corrected chi connectivity index (χ4v) is 3.82. The molecule has 2 aliphatic rings.